The minimum atomic E-state index is -0.418. The Bertz CT molecular complexity index is 920. The number of halogens is 1. The lowest BCUT2D eigenvalue weighted by molar-refractivity contribution is 0.0722. The van der Waals surface area contributed by atoms with Crippen molar-refractivity contribution in [1.82, 2.24) is 24.8 Å². The number of rotatable bonds is 1. The summed E-state index contributed by atoms with van der Waals surface area (Å²) in [5.74, 6) is -0.441. The summed E-state index contributed by atoms with van der Waals surface area (Å²) in [5.41, 5.74) is 3.30. The number of aromatic amines is 1. The van der Waals surface area contributed by atoms with E-state index in [9.17, 15) is 9.18 Å². The number of amides is 1. The van der Waals surface area contributed by atoms with Crippen molar-refractivity contribution in [3.63, 3.8) is 0 Å². The van der Waals surface area contributed by atoms with Gasteiger partial charge >= 0.3 is 0 Å². The van der Waals surface area contributed by atoms with Crippen LogP contribution in [0.1, 0.15) is 27.4 Å². The van der Waals surface area contributed by atoms with Crippen LogP contribution in [0.25, 0.3) is 11.2 Å². The van der Waals surface area contributed by atoms with E-state index in [0.717, 1.165) is 17.5 Å². The molecule has 1 amide bonds. The third-order valence-electron chi connectivity index (χ3n) is 4.17. The van der Waals surface area contributed by atoms with Gasteiger partial charge in [-0.2, -0.15) is 0 Å². The van der Waals surface area contributed by atoms with Gasteiger partial charge in [-0.3, -0.25) is 9.78 Å². The van der Waals surface area contributed by atoms with Gasteiger partial charge in [0.2, 0.25) is 0 Å². The van der Waals surface area contributed by atoms with Crippen molar-refractivity contribution in [2.45, 2.75) is 19.9 Å². The number of hydrogen-bond donors (Lipinski definition) is 1. The lowest BCUT2D eigenvalue weighted by atomic mass is 10.1. The van der Waals surface area contributed by atoms with Gasteiger partial charge in [-0.25, -0.2) is 14.4 Å². The molecule has 6 nitrogen and oxygen atoms in total. The molecular formula is C16H14FN5O. The van der Waals surface area contributed by atoms with E-state index in [2.05, 4.69) is 19.9 Å². The Labute approximate surface area is 131 Å². The van der Waals surface area contributed by atoms with Crippen molar-refractivity contribution in [2.24, 2.45) is 0 Å². The fourth-order valence-electron chi connectivity index (χ4n) is 2.84. The minimum Gasteiger partial charge on any atom is -0.332 e. The highest BCUT2D eigenvalue weighted by atomic mass is 19.1. The zero-order valence-electron chi connectivity index (χ0n) is 12.5. The zero-order chi connectivity index (χ0) is 16.0. The van der Waals surface area contributed by atoms with Gasteiger partial charge in [0, 0.05) is 37.0 Å². The van der Waals surface area contributed by atoms with Gasteiger partial charge in [-0.15, -0.1) is 0 Å². The highest BCUT2D eigenvalue weighted by Crippen LogP contribution is 2.20. The van der Waals surface area contributed by atoms with Gasteiger partial charge in [0.25, 0.3) is 5.91 Å². The molecule has 1 aliphatic rings. The van der Waals surface area contributed by atoms with Crippen molar-refractivity contribution < 1.29 is 9.18 Å². The maximum absolute atomic E-state index is 13.6. The molecule has 0 saturated carbocycles. The first-order chi connectivity index (χ1) is 11.1. The molecule has 3 aromatic rings. The monoisotopic (exact) mass is 311 g/mol. The first kappa shape index (κ1) is 13.8. The molecule has 1 N–H and O–H groups in total. The Morgan fingerprint density at radius 2 is 2.26 bits per heavy atom. The quantitative estimate of drug-likeness (QED) is 0.746. The lowest BCUT2D eigenvalue weighted by Crippen LogP contribution is -2.36. The number of H-pyrrole nitrogens is 1. The fourth-order valence-corrected chi connectivity index (χ4v) is 2.84. The van der Waals surface area contributed by atoms with Crippen LogP contribution < -0.4 is 0 Å². The molecule has 0 radical (unpaired) electrons. The molecule has 0 fully saturated rings. The number of aromatic nitrogens is 4. The van der Waals surface area contributed by atoms with E-state index < -0.39 is 5.82 Å². The van der Waals surface area contributed by atoms with Crippen molar-refractivity contribution in [2.75, 3.05) is 6.54 Å². The average molecular weight is 311 g/mol. The normalized spacial score (nSPS) is 14.1. The molecule has 0 bridgehead atoms. The molecular weight excluding hydrogens is 297 g/mol. The summed E-state index contributed by atoms with van der Waals surface area (Å²) in [5, 5.41) is 0. The molecule has 0 unspecified atom stereocenters. The summed E-state index contributed by atoms with van der Waals surface area (Å²) in [6.07, 6.45) is 3.60. The SMILES string of the molecule is Cc1c(F)cnc2nc(C(=O)N3CCc4ncccc4C3)[nH]c12. The molecule has 0 aliphatic carbocycles. The molecule has 116 valence electrons. The number of nitrogens with zero attached hydrogens (tertiary/aromatic N) is 4. The van der Waals surface area contributed by atoms with Gasteiger partial charge in [-0.1, -0.05) is 6.07 Å². The topological polar surface area (TPSA) is 74.8 Å². The third-order valence-corrected chi connectivity index (χ3v) is 4.17. The fraction of sp³-hybridized carbons (Fsp3) is 0.250. The average Bonchev–Trinajstić information content (AvgIpc) is 3.02. The summed E-state index contributed by atoms with van der Waals surface area (Å²) < 4.78 is 13.6. The predicted octanol–water partition coefficient (Wildman–Crippen LogP) is 2.00. The van der Waals surface area contributed by atoms with E-state index in [1.165, 1.54) is 0 Å². The Morgan fingerprint density at radius 1 is 1.39 bits per heavy atom. The summed E-state index contributed by atoms with van der Waals surface area (Å²) in [7, 11) is 0. The zero-order valence-corrected chi connectivity index (χ0v) is 12.5. The maximum Gasteiger partial charge on any atom is 0.290 e. The van der Waals surface area contributed by atoms with Crippen molar-refractivity contribution in [3.8, 4) is 0 Å². The number of aryl methyl sites for hydroxylation is 1. The standard InChI is InChI=1S/C16H14FN5O/c1-9-11(17)7-19-14-13(9)20-15(21-14)16(23)22-6-4-12-10(8-22)3-2-5-18-12/h2-3,5,7H,4,6,8H2,1H3,(H,19,20,21). The summed E-state index contributed by atoms with van der Waals surface area (Å²) >= 11 is 0. The van der Waals surface area contributed by atoms with Gasteiger partial charge in [0.15, 0.2) is 11.5 Å². The second-order valence-corrected chi connectivity index (χ2v) is 5.60. The van der Waals surface area contributed by atoms with E-state index in [-0.39, 0.29) is 11.7 Å². The van der Waals surface area contributed by atoms with Crippen LogP contribution in [0.15, 0.2) is 24.5 Å². The van der Waals surface area contributed by atoms with Gasteiger partial charge in [-0.05, 0) is 18.6 Å². The number of carbonyl (C=O) groups is 1. The molecule has 3 aromatic heterocycles. The van der Waals surface area contributed by atoms with Crippen LogP contribution in [0.3, 0.4) is 0 Å². The summed E-state index contributed by atoms with van der Waals surface area (Å²) in [6, 6.07) is 3.84. The van der Waals surface area contributed by atoms with Gasteiger partial charge in [0.1, 0.15) is 5.82 Å². The number of nitrogens with one attached hydrogen (secondary N) is 1. The van der Waals surface area contributed by atoms with Gasteiger partial charge in [0.05, 0.1) is 11.7 Å². The second kappa shape index (κ2) is 5.12. The van der Waals surface area contributed by atoms with Crippen LogP contribution in [0.4, 0.5) is 4.39 Å². The number of carbonyl (C=O) groups excluding carboxylic acids is 1. The van der Waals surface area contributed by atoms with E-state index in [0.29, 0.717) is 36.2 Å². The first-order valence-corrected chi connectivity index (χ1v) is 7.36. The van der Waals surface area contributed by atoms with E-state index in [4.69, 9.17) is 0 Å². The van der Waals surface area contributed by atoms with Crippen LogP contribution in [0.5, 0.6) is 0 Å². The van der Waals surface area contributed by atoms with Crippen LogP contribution in [0.2, 0.25) is 0 Å². The highest BCUT2D eigenvalue weighted by molar-refractivity contribution is 5.94. The molecule has 4 rings (SSSR count). The maximum atomic E-state index is 13.6. The van der Waals surface area contributed by atoms with Crippen molar-refractivity contribution >= 4 is 17.1 Å². The van der Waals surface area contributed by atoms with Crippen LogP contribution in [-0.2, 0) is 13.0 Å². The second-order valence-electron chi connectivity index (χ2n) is 5.60. The smallest absolute Gasteiger partial charge is 0.290 e. The molecule has 0 spiro atoms. The highest BCUT2D eigenvalue weighted by Gasteiger charge is 2.25. The number of hydrogen-bond acceptors (Lipinski definition) is 4. The number of pyridine rings is 2. The van der Waals surface area contributed by atoms with Crippen LogP contribution in [0, 0.1) is 12.7 Å². The van der Waals surface area contributed by atoms with E-state index in [1.807, 2.05) is 12.1 Å². The largest absolute Gasteiger partial charge is 0.332 e. The predicted molar refractivity (Wildman–Crippen MR) is 81.3 cm³/mol. The molecule has 1 aliphatic heterocycles. The van der Waals surface area contributed by atoms with Gasteiger partial charge < -0.3 is 9.88 Å². The number of fused-ring (bicyclic) bond motifs is 2. The number of imidazole rings is 1. The Hall–Kier alpha value is -2.83. The van der Waals surface area contributed by atoms with Crippen molar-refractivity contribution in [3.05, 3.63) is 53.0 Å². The summed E-state index contributed by atoms with van der Waals surface area (Å²) in [4.78, 5) is 29.7. The molecule has 23 heavy (non-hydrogen) atoms. The van der Waals surface area contributed by atoms with Crippen molar-refractivity contribution in [1.29, 1.82) is 0 Å². The molecule has 0 aromatic carbocycles. The first-order valence-electron chi connectivity index (χ1n) is 7.36. The lowest BCUT2D eigenvalue weighted by Gasteiger charge is -2.27. The molecule has 0 atom stereocenters. The van der Waals surface area contributed by atoms with E-state index >= 15 is 0 Å². The third kappa shape index (κ3) is 2.25. The minimum absolute atomic E-state index is 0.188. The Balaban J connectivity index is 1.66. The Kier molecular flexibility index (Phi) is 3.07. The van der Waals surface area contributed by atoms with Crippen LogP contribution >= 0.6 is 0 Å². The van der Waals surface area contributed by atoms with E-state index in [1.54, 1.807) is 18.0 Å². The van der Waals surface area contributed by atoms with Crippen LogP contribution in [-0.4, -0.2) is 37.3 Å². The molecule has 7 heteroatoms. The molecule has 4 heterocycles. The summed E-state index contributed by atoms with van der Waals surface area (Å²) in [6.45, 7) is 2.72. The Morgan fingerprint density at radius 3 is 3.13 bits per heavy atom. The molecule has 0 saturated heterocycles.